The van der Waals surface area contributed by atoms with Gasteiger partial charge in [-0.25, -0.2) is 0 Å². The summed E-state index contributed by atoms with van der Waals surface area (Å²) in [5.41, 5.74) is 1.99. The van der Waals surface area contributed by atoms with Crippen LogP contribution in [0.5, 0.6) is 5.75 Å². The molecular formula is C20H20ClN3O2. The molecule has 0 saturated carbocycles. The van der Waals surface area contributed by atoms with Crippen molar-refractivity contribution >= 4 is 23.2 Å². The smallest absolute Gasteiger partial charge is 0.238 e. The Labute approximate surface area is 158 Å². The molecule has 0 radical (unpaired) electrons. The minimum atomic E-state index is -0.154. The minimum absolute atomic E-state index is 0.154. The van der Waals surface area contributed by atoms with Gasteiger partial charge in [-0.2, -0.15) is 5.26 Å². The van der Waals surface area contributed by atoms with Crippen LogP contribution in [0, 0.1) is 11.3 Å². The Morgan fingerprint density at radius 3 is 3.00 bits per heavy atom. The predicted octanol–water partition coefficient (Wildman–Crippen LogP) is 4.00. The van der Waals surface area contributed by atoms with E-state index in [9.17, 15) is 10.1 Å². The largest absolute Gasteiger partial charge is 0.497 e. The first-order chi connectivity index (χ1) is 12.6. The van der Waals surface area contributed by atoms with Gasteiger partial charge in [0.2, 0.25) is 5.91 Å². The Bertz CT molecular complexity index is 847. The normalized spacial score (nSPS) is 16.9. The fourth-order valence-electron chi connectivity index (χ4n) is 3.33. The number of rotatable bonds is 5. The number of carbonyl (C=O) groups excluding carboxylic acids is 1. The van der Waals surface area contributed by atoms with E-state index in [1.807, 2.05) is 18.2 Å². The molecule has 1 aliphatic heterocycles. The van der Waals surface area contributed by atoms with E-state index < -0.39 is 0 Å². The van der Waals surface area contributed by atoms with Crippen LogP contribution in [0.4, 0.5) is 5.69 Å². The predicted molar refractivity (Wildman–Crippen MR) is 101 cm³/mol. The summed E-state index contributed by atoms with van der Waals surface area (Å²) in [5, 5.41) is 12.5. The van der Waals surface area contributed by atoms with Gasteiger partial charge < -0.3 is 10.1 Å². The number of hydrogen-bond acceptors (Lipinski definition) is 4. The average Bonchev–Trinajstić information content (AvgIpc) is 3.10. The van der Waals surface area contributed by atoms with Crippen molar-refractivity contribution < 1.29 is 9.53 Å². The average molecular weight is 370 g/mol. The van der Waals surface area contributed by atoms with E-state index >= 15 is 0 Å². The number of ether oxygens (including phenoxy) is 1. The molecule has 5 nitrogen and oxygen atoms in total. The molecule has 26 heavy (non-hydrogen) atoms. The first-order valence-corrected chi connectivity index (χ1v) is 8.86. The second-order valence-corrected chi connectivity index (χ2v) is 6.69. The molecule has 1 amide bonds. The number of halogens is 1. The summed E-state index contributed by atoms with van der Waals surface area (Å²) in [6, 6.07) is 15.1. The fourth-order valence-corrected chi connectivity index (χ4v) is 3.51. The highest BCUT2D eigenvalue weighted by Gasteiger charge is 2.28. The molecule has 2 aromatic rings. The maximum absolute atomic E-state index is 12.5. The number of methoxy groups -OCH3 is 1. The third-order valence-corrected chi connectivity index (χ3v) is 4.80. The molecule has 6 heteroatoms. The zero-order valence-corrected chi connectivity index (χ0v) is 15.3. The van der Waals surface area contributed by atoms with Crippen molar-refractivity contribution in [3.05, 3.63) is 58.6 Å². The fraction of sp³-hybridized carbons (Fsp3) is 0.300. The zero-order valence-electron chi connectivity index (χ0n) is 14.5. The lowest BCUT2D eigenvalue weighted by Gasteiger charge is -2.24. The van der Waals surface area contributed by atoms with E-state index in [2.05, 4.69) is 22.4 Å². The summed E-state index contributed by atoms with van der Waals surface area (Å²) in [4.78, 5) is 14.7. The van der Waals surface area contributed by atoms with Crippen LogP contribution in [0.3, 0.4) is 0 Å². The number of hydrogen-bond donors (Lipinski definition) is 1. The summed E-state index contributed by atoms with van der Waals surface area (Å²) < 4.78 is 5.31. The van der Waals surface area contributed by atoms with E-state index in [0.717, 1.165) is 30.7 Å². The van der Waals surface area contributed by atoms with Crippen molar-refractivity contribution in [3.8, 4) is 11.8 Å². The lowest BCUT2D eigenvalue weighted by Crippen LogP contribution is -2.33. The summed E-state index contributed by atoms with van der Waals surface area (Å²) in [5.74, 6) is 0.662. The molecule has 2 aromatic carbocycles. The van der Waals surface area contributed by atoms with E-state index in [1.165, 1.54) is 0 Å². The van der Waals surface area contributed by atoms with E-state index in [4.69, 9.17) is 16.3 Å². The van der Waals surface area contributed by atoms with Crippen molar-refractivity contribution in [3.63, 3.8) is 0 Å². The molecule has 134 valence electrons. The molecule has 1 fully saturated rings. The van der Waals surface area contributed by atoms with Crippen molar-refractivity contribution in [2.75, 3.05) is 25.5 Å². The molecule has 1 atom stereocenters. The van der Waals surface area contributed by atoms with Gasteiger partial charge in [0.1, 0.15) is 11.8 Å². The van der Waals surface area contributed by atoms with Gasteiger partial charge in [-0.3, -0.25) is 9.69 Å². The van der Waals surface area contributed by atoms with Gasteiger partial charge in [-0.1, -0.05) is 23.7 Å². The second-order valence-electron chi connectivity index (χ2n) is 6.26. The highest BCUT2D eigenvalue weighted by Crippen LogP contribution is 2.33. The molecule has 1 N–H and O–H groups in total. The van der Waals surface area contributed by atoms with E-state index in [-0.39, 0.29) is 18.5 Å². The molecule has 0 aromatic heterocycles. The number of amides is 1. The third-order valence-electron chi connectivity index (χ3n) is 4.57. The molecule has 1 unspecified atom stereocenters. The number of nitrogens with one attached hydrogen (secondary N) is 1. The molecule has 1 heterocycles. The Morgan fingerprint density at radius 1 is 1.38 bits per heavy atom. The lowest BCUT2D eigenvalue weighted by atomic mass is 10.0. The molecule has 1 saturated heterocycles. The highest BCUT2D eigenvalue weighted by molar-refractivity contribution is 6.31. The first kappa shape index (κ1) is 18.2. The molecule has 0 bridgehead atoms. The number of benzene rings is 2. The van der Waals surface area contributed by atoms with Gasteiger partial charge in [0.25, 0.3) is 0 Å². The number of nitrogens with zero attached hydrogens (tertiary/aromatic N) is 2. The molecule has 0 aliphatic carbocycles. The summed E-state index contributed by atoms with van der Waals surface area (Å²) in [6.07, 6.45) is 2.04. The third kappa shape index (κ3) is 4.16. The summed E-state index contributed by atoms with van der Waals surface area (Å²) >= 11 is 5.98. The maximum Gasteiger partial charge on any atom is 0.238 e. The Hall–Kier alpha value is -2.55. The molecule has 0 spiro atoms. The quantitative estimate of drug-likeness (QED) is 0.865. The van der Waals surface area contributed by atoms with Crippen molar-refractivity contribution in [2.45, 2.75) is 18.9 Å². The van der Waals surface area contributed by atoms with Crippen LogP contribution < -0.4 is 10.1 Å². The number of nitriles is 1. The van der Waals surface area contributed by atoms with Gasteiger partial charge >= 0.3 is 0 Å². The van der Waals surface area contributed by atoms with Crippen LogP contribution in [0.1, 0.15) is 30.0 Å². The number of anilines is 1. The molecular weight excluding hydrogens is 350 g/mol. The maximum atomic E-state index is 12.5. The van der Waals surface area contributed by atoms with Gasteiger partial charge in [0.05, 0.1) is 24.9 Å². The summed E-state index contributed by atoms with van der Waals surface area (Å²) in [7, 11) is 1.65. The van der Waals surface area contributed by atoms with Crippen molar-refractivity contribution in [2.24, 2.45) is 0 Å². The van der Waals surface area contributed by atoms with Crippen LogP contribution in [0.25, 0.3) is 0 Å². The monoisotopic (exact) mass is 369 g/mol. The standard InChI is InChI=1S/C20H20ClN3O2/c1-26-17-5-2-4-14(10-17)19-6-3-9-24(19)13-20(25)23-18-11-16(21)8-7-15(18)12-22/h2,4-5,7-8,10-11,19H,3,6,9,13H2,1H3,(H,23,25). The van der Waals surface area contributed by atoms with Gasteiger partial charge in [0.15, 0.2) is 0 Å². The zero-order chi connectivity index (χ0) is 18.5. The Morgan fingerprint density at radius 2 is 2.23 bits per heavy atom. The van der Waals surface area contributed by atoms with Gasteiger partial charge in [-0.05, 0) is 55.3 Å². The van der Waals surface area contributed by atoms with Gasteiger partial charge in [-0.15, -0.1) is 0 Å². The van der Waals surface area contributed by atoms with Crippen LogP contribution in [0.2, 0.25) is 5.02 Å². The van der Waals surface area contributed by atoms with E-state index in [1.54, 1.807) is 25.3 Å². The van der Waals surface area contributed by atoms with Crippen LogP contribution in [-0.4, -0.2) is 31.0 Å². The number of likely N-dealkylation sites (tertiary alicyclic amines) is 1. The van der Waals surface area contributed by atoms with Crippen molar-refractivity contribution in [1.82, 2.24) is 4.90 Å². The number of carbonyl (C=O) groups is 1. The van der Waals surface area contributed by atoms with Gasteiger partial charge in [0, 0.05) is 11.1 Å². The SMILES string of the molecule is COc1cccc(C2CCCN2CC(=O)Nc2cc(Cl)ccc2C#N)c1. The van der Waals surface area contributed by atoms with Crippen LogP contribution in [-0.2, 0) is 4.79 Å². The van der Waals surface area contributed by atoms with Crippen molar-refractivity contribution in [1.29, 1.82) is 5.26 Å². The highest BCUT2D eigenvalue weighted by atomic mass is 35.5. The summed E-state index contributed by atoms with van der Waals surface area (Å²) in [6.45, 7) is 1.12. The van der Waals surface area contributed by atoms with Crippen LogP contribution in [0.15, 0.2) is 42.5 Å². The lowest BCUT2D eigenvalue weighted by molar-refractivity contribution is -0.117. The molecule has 1 aliphatic rings. The Balaban J connectivity index is 1.70. The second kappa shape index (κ2) is 8.22. The first-order valence-electron chi connectivity index (χ1n) is 8.48. The topological polar surface area (TPSA) is 65.4 Å². The minimum Gasteiger partial charge on any atom is -0.497 e. The van der Waals surface area contributed by atoms with Crippen LogP contribution >= 0.6 is 11.6 Å². The Kier molecular flexibility index (Phi) is 5.77. The molecule has 3 rings (SSSR count). The van der Waals surface area contributed by atoms with E-state index in [0.29, 0.717) is 16.3 Å².